The zero-order valence-corrected chi connectivity index (χ0v) is 9.75. The lowest BCUT2D eigenvalue weighted by atomic mass is 10.4. The summed E-state index contributed by atoms with van der Waals surface area (Å²) < 4.78 is 35.7. The molecule has 0 bridgehead atoms. The molecule has 0 aliphatic rings. The minimum absolute atomic E-state index is 0.0544. The van der Waals surface area contributed by atoms with Crippen LogP contribution in [0.4, 0.5) is 4.39 Å². The molecule has 0 fully saturated rings. The zero-order chi connectivity index (χ0) is 11.2. The molecule has 15 heavy (non-hydrogen) atoms. The van der Waals surface area contributed by atoms with E-state index < -0.39 is 15.7 Å². The summed E-state index contributed by atoms with van der Waals surface area (Å²) in [6.45, 7) is 0. The fraction of sp³-hybridized carbons (Fsp3) is 0.143. The predicted octanol–water partition coefficient (Wildman–Crippen LogP) is 1.89. The minimum atomic E-state index is -3.44. The molecule has 0 saturated heterocycles. The standard InChI is InChI=1S/C7H4ClFN2O2S2/c1-15(12,13)7-11-4-3(9)2-10-6(8)5(4)14-7/h2H,1H3. The topological polar surface area (TPSA) is 59.9 Å². The van der Waals surface area contributed by atoms with Gasteiger partial charge in [0.25, 0.3) is 0 Å². The van der Waals surface area contributed by atoms with Crippen molar-refractivity contribution in [1.82, 2.24) is 9.97 Å². The first-order valence-electron chi connectivity index (χ1n) is 3.70. The summed E-state index contributed by atoms with van der Waals surface area (Å²) in [6.07, 6.45) is 1.92. The molecule has 0 atom stereocenters. The van der Waals surface area contributed by atoms with Crippen LogP contribution in [-0.2, 0) is 9.84 Å². The van der Waals surface area contributed by atoms with Gasteiger partial charge < -0.3 is 0 Å². The second-order valence-corrected chi connectivity index (χ2v) is 6.37. The van der Waals surface area contributed by atoms with Gasteiger partial charge >= 0.3 is 0 Å². The molecule has 2 aromatic heterocycles. The maximum absolute atomic E-state index is 13.2. The summed E-state index contributed by atoms with van der Waals surface area (Å²) in [5.74, 6) is -0.680. The van der Waals surface area contributed by atoms with Crippen molar-refractivity contribution < 1.29 is 12.8 Å². The number of sulfone groups is 1. The third-order valence-electron chi connectivity index (χ3n) is 1.63. The van der Waals surface area contributed by atoms with Crippen LogP contribution in [0.5, 0.6) is 0 Å². The fourth-order valence-electron chi connectivity index (χ4n) is 0.994. The van der Waals surface area contributed by atoms with Crippen molar-refractivity contribution in [2.75, 3.05) is 6.26 Å². The van der Waals surface area contributed by atoms with Crippen LogP contribution in [0.15, 0.2) is 10.5 Å². The van der Waals surface area contributed by atoms with Crippen molar-refractivity contribution >= 4 is 43.0 Å². The van der Waals surface area contributed by atoms with Crippen LogP contribution in [0.25, 0.3) is 10.2 Å². The first-order chi connectivity index (χ1) is 6.89. The van der Waals surface area contributed by atoms with Gasteiger partial charge in [-0.25, -0.2) is 22.8 Å². The van der Waals surface area contributed by atoms with Gasteiger partial charge in [0.05, 0.1) is 10.9 Å². The Hall–Kier alpha value is -0.790. The van der Waals surface area contributed by atoms with Crippen LogP contribution in [0.3, 0.4) is 0 Å². The van der Waals surface area contributed by atoms with E-state index in [-0.39, 0.29) is 19.7 Å². The normalized spacial score (nSPS) is 12.2. The molecule has 0 spiro atoms. The Balaban J connectivity index is 2.87. The summed E-state index contributed by atoms with van der Waals surface area (Å²) in [7, 11) is -3.44. The molecule has 0 aromatic carbocycles. The fourth-order valence-corrected chi connectivity index (χ4v) is 3.05. The third-order valence-corrected chi connectivity index (χ3v) is 4.77. The first kappa shape index (κ1) is 10.7. The van der Waals surface area contributed by atoms with Gasteiger partial charge in [0.15, 0.2) is 5.82 Å². The van der Waals surface area contributed by atoms with E-state index in [4.69, 9.17) is 11.6 Å². The van der Waals surface area contributed by atoms with E-state index in [0.717, 1.165) is 23.8 Å². The molecule has 0 N–H and O–H groups in total. The molecule has 0 aliphatic carbocycles. The van der Waals surface area contributed by atoms with Gasteiger partial charge in [-0.05, 0) is 0 Å². The lowest BCUT2D eigenvalue weighted by molar-refractivity contribution is 0.601. The van der Waals surface area contributed by atoms with Gasteiger partial charge in [-0.1, -0.05) is 22.9 Å². The quantitative estimate of drug-likeness (QED) is 0.740. The van der Waals surface area contributed by atoms with E-state index in [1.54, 1.807) is 0 Å². The van der Waals surface area contributed by atoms with E-state index in [9.17, 15) is 12.8 Å². The molecule has 2 aromatic rings. The SMILES string of the molecule is CS(=O)(=O)c1nc2c(F)cnc(Cl)c2s1. The highest BCUT2D eigenvalue weighted by Crippen LogP contribution is 2.31. The molecule has 0 aliphatic heterocycles. The van der Waals surface area contributed by atoms with Crippen LogP contribution in [0.1, 0.15) is 0 Å². The van der Waals surface area contributed by atoms with Crippen molar-refractivity contribution in [1.29, 1.82) is 0 Å². The lowest BCUT2D eigenvalue weighted by Crippen LogP contribution is -1.95. The largest absolute Gasteiger partial charge is 0.240 e. The average Bonchev–Trinajstić information content (AvgIpc) is 2.56. The summed E-state index contributed by atoms with van der Waals surface area (Å²) >= 11 is 6.50. The van der Waals surface area contributed by atoms with Gasteiger partial charge in [-0.3, -0.25) is 0 Å². The monoisotopic (exact) mass is 266 g/mol. The molecular formula is C7H4ClFN2O2S2. The van der Waals surface area contributed by atoms with Crippen molar-refractivity contribution in [3.63, 3.8) is 0 Å². The summed E-state index contributed by atoms with van der Waals surface area (Å²) in [4.78, 5) is 7.24. The Morgan fingerprint density at radius 3 is 2.73 bits per heavy atom. The van der Waals surface area contributed by atoms with Crippen molar-refractivity contribution in [2.24, 2.45) is 0 Å². The Morgan fingerprint density at radius 2 is 2.20 bits per heavy atom. The molecule has 2 heterocycles. The maximum atomic E-state index is 13.2. The van der Waals surface area contributed by atoms with Crippen LogP contribution in [0.2, 0.25) is 5.15 Å². The first-order valence-corrected chi connectivity index (χ1v) is 6.79. The number of hydrogen-bond acceptors (Lipinski definition) is 5. The highest BCUT2D eigenvalue weighted by atomic mass is 35.5. The highest BCUT2D eigenvalue weighted by Gasteiger charge is 2.18. The molecule has 0 unspecified atom stereocenters. The van der Waals surface area contributed by atoms with Gasteiger partial charge in [0.1, 0.15) is 10.7 Å². The lowest BCUT2D eigenvalue weighted by Gasteiger charge is -1.90. The van der Waals surface area contributed by atoms with E-state index >= 15 is 0 Å². The number of halogens is 2. The number of hydrogen-bond donors (Lipinski definition) is 0. The van der Waals surface area contributed by atoms with Crippen molar-refractivity contribution in [2.45, 2.75) is 4.34 Å². The second-order valence-electron chi connectivity index (χ2n) is 2.83. The summed E-state index contributed by atoms with van der Waals surface area (Å²) in [6, 6.07) is 0. The Labute approximate surface area is 93.7 Å². The maximum Gasteiger partial charge on any atom is 0.210 e. The minimum Gasteiger partial charge on any atom is -0.240 e. The number of nitrogens with zero attached hydrogens (tertiary/aromatic N) is 2. The molecule has 0 saturated carbocycles. The summed E-state index contributed by atoms with van der Waals surface area (Å²) in [5, 5.41) is 0.0544. The van der Waals surface area contributed by atoms with Gasteiger partial charge in [-0.2, -0.15) is 0 Å². The number of fused-ring (bicyclic) bond motifs is 1. The van der Waals surface area contributed by atoms with E-state index in [1.165, 1.54) is 0 Å². The predicted molar refractivity (Wildman–Crippen MR) is 55.5 cm³/mol. The van der Waals surface area contributed by atoms with E-state index in [1.807, 2.05) is 0 Å². The Bertz CT molecular complexity index is 599. The molecule has 80 valence electrons. The highest BCUT2D eigenvalue weighted by molar-refractivity contribution is 7.92. The number of aromatic nitrogens is 2. The van der Waals surface area contributed by atoms with Gasteiger partial charge in [-0.15, -0.1) is 0 Å². The van der Waals surface area contributed by atoms with Crippen molar-refractivity contribution in [3.05, 3.63) is 17.2 Å². The smallest absolute Gasteiger partial charge is 0.210 e. The molecule has 8 heteroatoms. The van der Waals surface area contributed by atoms with Crippen LogP contribution in [-0.4, -0.2) is 24.6 Å². The Morgan fingerprint density at radius 1 is 1.53 bits per heavy atom. The van der Waals surface area contributed by atoms with E-state index in [2.05, 4.69) is 9.97 Å². The summed E-state index contributed by atoms with van der Waals surface area (Å²) in [5.41, 5.74) is -0.0552. The Kier molecular flexibility index (Phi) is 2.40. The molecule has 4 nitrogen and oxygen atoms in total. The average molecular weight is 267 g/mol. The van der Waals surface area contributed by atoms with Crippen LogP contribution < -0.4 is 0 Å². The van der Waals surface area contributed by atoms with E-state index in [0.29, 0.717) is 0 Å². The van der Waals surface area contributed by atoms with Crippen LogP contribution >= 0.6 is 22.9 Å². The second kappa shape index (κ2) is 3.36. The third kappa shape index (κ3) is 1.82. The van der Waals surface area contributed by atoms with Gasteiger partial charge in [0.2, 0.25) is 14.2 Å². The molecular weight excluding hydrogens is 263 g/mol. The van der Waals surface area contributed by atoms with Gasteiger partial charge in [0, 0.05) is 6.26 Å². The molecule has 0 amide bonds. The van der Waals surface area contributed by atoms with Crippen LogP contribution in [0, 0.1) is 5.82 Å². The molecule has 2 rings (SSSR count). The number of rotatable bonds is 1. The molecule has 0 radical (unpaired) electrons. The zero-order valence-electron chi connectivity index (χ0n) is 7.36. The number of pyridine rings is 1. The van der Waals surface area contributed by atoms with Crippen molar-refractivity contribution in [3.8, 4) is 0 Å². The number of thiazole rings is 1.